The van der Waals surface area contributed by atoms with E-state index in [9.17, 15) is 23.9 Å². The number of rotatable bonds is 3. The average molecular weight is 378 g/mol. The van der Waals surface area contributed by atoms with Gasteiger partial charge in [-0.05, 0) is 12.3 Å². The van der Waals surface area contributed by atoms with Crippen LogP contribution in [0.2, 0.25) is 0 Å². The van der Waals surface area contributed by atoms with Crippen LogP contribution >= 0.6 is 11.8 Å². The van der Waals surface area contributed by atoms with Crippen molar-refractivity contribution in [2.45, 2.75) is 0 Å². The topological polar surface area (TPSA) is 105 Å². The molecule has 0 atom stereocenters. The van der Waals surface area contributed by atoms with E-state index < -0.39 is 22.8 Å². The summed E-state index contributed by atoms with van der Waals surface area (Å²) in [5, 5.41) is 9.53. The van der Waals surface area contributed by atoms with Gasteiger partial charge >= 0.3 is 5.97 Å². The number of hydrogen-bond acceptors (Lipinski definition) is 7. The fourth-order valence-electron chi connectivity index (χ4n) is 2.80. The third-order valence-electron chi connectivity index (χ3n) is 4.13. The molecule has 0 aliphatic carbocycles. The van der Waals surface area contributed by atoms with Crippen molar-refractivity contribution < 1.29 is 19.1 Å². The van der Waals surface area contributed by atoms with E-state index in [0.29, 0.717) is 18.3 Å². The molecular formula is C16H15FN4O4S. The van der Waals surface area contributed by atoms with Gasteiger partial charge in [-0.2, -0.15) is 0 Å². The highest BCUT2D eigenvalue weighted by Crippen LogP contribution is 2.27. The maximum atomic E-state index is 14.5. The predicted molar refractivity (Wildman–Crippen MR) is 97.0 cm³/mol. The molecule has 1 aliphatic heterocycles. The number of carbonyl (C=O) groups is 2. The molecule has 1 N–H and O–H groups in total. The molecule has 0 spiro atoms. The van der Waals surface area contributed by atoms with Crippen LogP contribution in [0.1, 0.15) is 10.4 Å². The molecule has 0 amide bonds. The van der Waals surface area contributed by atoms with Gasteiger partial charge in [-0.3, -0.25) is 14.4 Å². The molecule has 1 aliphatic rings. The van der Waals surface area contributed by atoms with Crippen molar-refractivity contribution in [2.75, 3.05) is 31.3 Å². The molecule has 2 aromatic rings. The van der Waals surface area contributed by atoms with E-state index in [1.54, 1.807) is 11.2 Å². The van der Waals surface area contributed by atoms with Crippen LogP contribution in [0.15, 0.2) is 22.1 Å². The second kappa shape index (κ2) is 6.87. The molecule has 0 bridgehead atoms. The number of thioether (sulfide) groups is 1. The van der Waals surface area contributed by atoms with Crippen molar-refractivity contribution >= 4 is 46.0 Å². The number of carbonyl (C=O) groups excluding carboxylic acids is 1. The number of aromatic carboxylic acids is 1. The fourth-order valence-corrected chi connectivity index (χ4v) is 3.32. The lowest BCUT2D eigenvalue weighted by atomic mass is 10.0. The molecule has 10 heteroatoms. The van der Waals surface area contributed by atoms with E-state index in [2.05, 4.69) is 9.98 Å². The summed E-state index contributed by atoms with van der Waals surface area (Å²) in [5.41, 5.74) is -1.19. The minimum atomic E-state index is -1.41. The Balaban J connectivity index is 2.29. The van der Waals surface area contributed by atoms with E-state index in [-0.39, 0.29) is 22.8 Å². The van der Waals surface area contributed by atoms with Crippen LogP contribution in [0.4, 0.5) is 10.2 Å². The molecule has 1 saturated heterocycles. The maximum absolute atomic E-state index is 14.5. The van der Waals surface area contributed by atoms with Crippen LogP contribution in [0.5, 0.6) is 0 Å². The number of aldehydes is 1. The average Bonchev–Trinajstić information content (AvgIpc) is 2.57. The lowest BCUT2D eigenvalue weighted by Gasteiger charge is -2.37. The normalized spacial score (nSPS) is 15.2. The zero-order valence-corrected chi connectivity index (χ0v) is 14.8. The second-order valence-corrected chi connectivity index (χ2v) is 6.50. The van der Waals surface area contributed by atoms with E-state index in [1.165, 1.54) is 23.4 Å². The number of nitrogens with zero attached hydrogens (tertiary/aromatic N) is 4. The van der Waals surface area contributed by atoms with Gasteiger partial charge in [0, 0.05) is 32.3 Å². The lowest BCUT2D eigenvalue weighted by Crippen LogP contribution is -2.48. The number of fused-ring (bicyclic) bond motifs is 1. The van der Waals surface area contributed by atoms with Crippen LogP contribution < -0.4 is 10.3 Å². The Labute approximate surface area is 151 Å². The third kappa shape index (κ3) is 2.85. The molecule has 8 nitrogen and oxygen atoms in total. The summed E-state index contributed by atoms with van der Waals surface area (Å²) in [4.78, 5) is 44.5. The van der Waals surface area contributed by atoms with Gasteiger partial charge < -0.3 is 14.8 Å². The van der Waals surface area contributed by atoms with E-state index in [1.807, 2.05) is 0 Å². The highest BCUT2D eigenvalue weighted by atomic mass is 32.2. The van der Waals surface area contributed by atoms with Crippen LogP contribution in [0.25, 0.3) is 11.0 Å². The van der Waals surface area contributed by atoms with Gasteiger partial charge in [-0.1, -0.05) is 11.8 Å². The molecule has 136 valence electrons. The second-order valence-electron chi connectivity index (χ2n) is 5.72. The van der Waals surface area contributed by atoms with E-state index in [4.69, 9.17) is 0 Å². The number of hydrogen-bond donors (Lipinski definition) is 1. The largest absolute Gasteiger partial charge is 0.477 e. The Morgan fingerprint density at radius 1 is 1.50 bits per heavy atom. The Hall–Kier alpha value is -2.75. The number of pyridine rings is 2. The van der Waals surface area contributed by atoms with Crippen molar-refractivity contribution in [3.05, 3.63) is 33.9 Å². The molecule has 26 heavy (non-hydrogen) atoms. The first-order chi connectivity index (χ1) is 12.4. The van der Waals surface area contributed by atoms with Gasteiger partial charge in [0.05, 0.1) is 5.39 Å². The van der Waals surface area contributed by atoms with Gasteiger partial charge in [0.2, 0.25) is 5.43 Å². The summed E-state index contributed by atoms with van der Waals surface area (Å²) in [6.07, 6.45) is 3.69. The van der Waals surface area contributed by atoms with Gasteiger partial charge in [0.25, 0.3) is 0 Å². The van der Waals surface area contributed by atoms with E-state index in [0.717, 1.165) is 18.5 Å². The fraction of sp³-hybridized carbons (Fsp3) is 0.312. The number of anilines is 1. The Morgan fingerprint density at radius 3 is 2.73 bits per heavy atom. The minimum absolute atomic E-state index is 0.0170. The first-order valence-corrected chi connectivity index (χ1v) is 8.84. The minimum Gasteiger partial charge on any atom is -0.477 e. The highest BCUT2D eigenvalue weighted by Gasteiger charge is 2.30. The molecule has 0 aromatic carbocycles. The monoisotopic (exact) mass is 378 g/mol. The van der Waals surface area contributed by atoms with Crippen LogP contribution in [0, 0.1) is 11.7 Å². The zero-order chi connectivity index (χ0) is 19.0. The van der Waals surface area contributed by atoms with Crippen LogP contribution in [0.3, 0.4) is 0 Å². The van der Waals surface area contributed by atoms with Crippen molar-refractivity contribution in [3.8, 4) is 0 Å². The van der Waals surface area contributed by atoms with Crippen LogP contribution in [-0.4, -0.2) is 58.5 Å². The molecular weight excluding hydrogens is 363 g/mol. The summed E-state index contributed by atoms with van der Waals surface area (Å²) < 4.78 is 15.9. The summed E-state index contributed by atoms with van der Waals surface area (Å²) >= 11 is 1.23. The molecule has 3 heterocycles. The summed E-state index contributed by atoms with van der Waals surface area (Å²) in [5.74, 6) is -2.32. The Kier molecular flexibility index (Phi) is 4.77. The maximum Gasteiger partial charge on any atom is 0.341 e. The summed E-state index contributed by atoms with van der Waals surface area (Å²) in [6, 6.07) is 0.991. The van der Waals surface area contributed by atoms with Gasteiger partial charge in [-0.15, -0.1) is 0 Å². The number of aliphatic imine (C=N–C) groups is 1. The molecule has 0 unspecified atom stereocenters. The quantitative estimate of drug-likeness (QED) is 0.484. The van der Waals surface area contributed by atoms with E-state index >= 15 is 0 Å². The SMILES string of the molecule is CN=C(SC)n1cc(C(=O)O)c(=O)c2cc(F)c(N3CC(C=O)C3)nc21. The highest BCUT2D eigenvalue weighted by molar-refractivity contribution is 8.13. The molecule has 3 rings (SSSR count). The standard InChI is InChI=1S/C16H15FN4O4S/c1-18-16(26-2)21-6-10(15(24)25)12(23)9-3-11(17)14(19-13(9)21)20-4-8(5-20)7-22/h3,6-8H,4-5H2,1-2H3,(H,24,25). The van der Waals surface area contributed by atoms with Gasteiger partial charge in [-0.25, -0.2) is 14.2 Å². The predicted octanol–water partition coefficient (Wildman–Crippen LogP) is 1.07. The van der Waals surface area contributed by atoms with Crippen molar-refractivity contribution in [1.82, 2.24) is 9.55 Å². The number of aromatic nitrogens is 2. The molecule has 1 fully saturated rings. The molecule has 2 aromatic heterocycles. The Morgan fingerprint density at radius 2 is 2.19 bits per heavy atom. The van der Waals surface area contributed by atoms with Crippen molar-refractivity contribution in [3.63, 3.8) is 0 Å². The van der Waals surface area contributed by atoms with Crippen LogP contribution in [-0.2, 0) is 4.79 Å². The molecule has 0 saturated carbocycles. The zero-order valence-electron chi connectivity index (χ0n) is 14.0. The summed E-state index contributed by atoms with van der Waals surface area (Å²) in [7, 11) is 1.52. The van der Waals surface area contributed by atoms with Gasteiger partial charge in [0.1, 0.15) is 11.8 Å². The number of carboxylic acids is 1. The smallest absolute Gasteiger partial charge is 0.341 e. The first kappa shape index (κ1) is 18.1. The van der Waals surface area contributed by atoms with Crippen molar-refractivity contribution in [2.24, 2.45) is 10.9 Å². The lowest BCUT2D eigenvalue weighted by molar-refractivity contribution is -0.111. The third-order valence-corrected chi connectivity index (χ3v) is 4.87. The molecule has 0 radical (unpaired) electrons. The van der Waals surface area contributed by atoms with Gasteiger partial charge in [0.15, 0.2) is 22.4 Å². The number of carboxylic acid groups (broad SMARTS) is 1. The Bertz CT molecular complexity index is 998. The van der Waals surface area contributed by atoms with Crippen molar-refractivity contribution in [1.29, 1.82) is 0 Å². The first-order valence-electron chi connectivity index (χ1n) is 7.61. The number of halogens is 1. The summed E-state index contributed by atoms with van der Waals surface area (Å²) in [6.45, 7) is 0.682.